The van der Waals surface area contributed by atoms with Crippen molar-refractivity contribution >= 4 is 11.5 Å². The van der Waals surface area contributed by atoms with Crippen molar-refractivity contribution in [2.24, 2.45) is 12.5 Å². The van der Waals surface area contributed by atoms with Crippen LogP contribution in [0.1, 0.15) is 18.5 Å². The van der Waals surface area contributed by atoms with E-state index in [0.717, 1.165) is 32.6 Å². The second-order valence-electron chi connectivity index (χ2n) is 6.22. The predicted molar refractivity (Wildman–Crippen MR) is 80.1 cm³/mol. The van der Waals surface area contributed by atoms with Crippen LogP contribution in [0.2, 0.25) is 0 Å². The molecular formula is C14H22N4O4. The standard InChI is InChI=1S/C14H22N4O4/c1-11-12(18(19)20)13(16(2)15-11)17-5-8-22-10-14(9-17)3-6-21-7-4-14/h3-10H2,1-2H3. The summed E-state index contributed by atoms with van der Waals surface area (Å²) in [5.41, 5.74) is 0.571. The topological polar surface area (TPSA) is 82.7 Å². The van der Waals surface area contributed by atoms with Gasteiger partial charge in [-0.1, -0.05) is 0 Å². The second kappa shape index (κ2) is 5.85. The second-order valence-corrected chi connectivity index (χ2v) is 6.22. The Hall–Kier alpha value is -1.67. The van der Waals surface area contributed by atoms with Crippen LogP contribution < -0.4 is 4.90 Å². The first-order valence-electron chi connectivity index (χ1n) is 7.61. The lowest BCUT2D eigenvalue weighted by Crippen LogP contribution is -2.43. The SMILES string of the molecule is Cc1nn(C)c(N2CCOCC3(CCOCC3)C2)c1[N+](=O)[O-]. The smallest absolute Gasteiger partial charge is 0.333 e. The van der Waals surface area contributed by atoms with E-state index in [1.165, 1.54) is 0 Å². The molecule has 8 nitrogen and oxygen atoms in total. The summed E-state index contributed by atoms with van der Waals surface area (Å²) in [4.78, 5) is 13.2. The minimum Gasteiger partial charge on any atom is -0.381 e. The minimum atomic E-state index is -0.333. The zero-order valence-corrected chi connectivity index (χ0v) is 13.1. The number of rotatable bonds is 2. The van der Waals surface area contributed by atoms with Gasteiger partial charge in [-0.15, -0.1) is 0 Å². The van der Waals surface area contributed by atoms with E-state index < -0.39 is 0 Å². The number of ether oxygens (including phenoxy) is 2. The number of hydrogen-bond donors (Lipinski definition) is 0. The number of nitrogens with zero attached hydrogens (tertiary/aromatic N) is 4. The molecular weight excluding hydrogens is 288 g/mol. The molecule has 8 heteroatoms. The third kappa shape index (κ3) is 2.68. The fourth-order valence-electron chi connectivity index (χ4n) is 3.48. The summed E-state index contributed by atoms with van der Waals surface area (Å²) in [7, 11) is 1.76. The van der Waals surface area contributed by atoms with Crippen LogP contribution in [0.3, 0.4) is 0 Å². The maximum absolute atomic E-state index is 11.4. The zero-order valence-electron chi connectivity index (χ0n) is 13.1. The average Bonchev–Trinajstić information content (AvgIpc) is 2.65. The number of anilines is 1. The molecule has 3 rings (SSSR count). The van der Waals surface area contributed by atoms with Crippen molar-refractivity contribution in [3.05, 3.63) is 15.8 Å². The summed E-state index contributed by atoms with van der Waals surface area (Å²) in [5.74, 6) is 0.582. The highest BCUT2D eigenvalue weighted by atomic mass is 16.6. The van der Waals surface area contributed by atoms with Crippen LogP contribution >= 0.6 is 0 Å². The lowest BCUT2D eigenvalue weighted by molar-refractivity contribution is -0.384. The molecule has 2 fully saturated rings. The average molecular weight is 310 g/mol. The molecule has 2 saturated heterocycles. The van der Waals surface area contributed by atoms with Gasteiger partial charge in [-0.05, 0) is 19.8 Å². The Bertz CT molecular complexity index is 565. The third-order valence-electron chi connectivity index (χ3n) is 4.64. The van der Waals surface area contributed by atoms with Gasteiger partial charge in [0, 0.05) is 38.8 Å². The monoisotopic (exact) mass is 310 g/mol. The van der Waals surface area contributed by atoms with Crippen LogP contribution in [0, 0.1) is 22.5 Å². The van der Waals surface area contributed by atoms with E-state index in [2.05, 4.69) is 10.00 Å². The van der Waals surface area contributed by atoms with Gasteiger partial charge >= 0.3 is 5.69 Å². The van der Waals surface area contributed by atoms with Crippen molar-refractivity contribution < 1.29 is 14.4 Å². The summed E-state index contributed by atoms with van der Waals surface area (Å²) in [6, 6.07) is 0. The van der Waals surface area contributed by atoms with E-state index >= 15 is 0 Å². The van der Waals surface area contributed by atoms with E-state index in [-0.39, 0.29) is 16.0 Å². The van der Waals surface area contributed by atoms with Gasteiger partial charge in [0.15, 0.2) is 0 Å². The van der Waals surface area contributed by atoms with Crippen molar-refractivity contribution in [3.63, 3.8) is 0 Å². The molecule has 0 aliphatic carbocycles. The van der Waals surface area contributed by atoms with Crippen LogP contribution in [0.15, 0.2) is 0 Å². The van der Waals surface area contributed by atoms with Gasteiger partial charge in [0.1, 0.15) is 5.69 Å². The maximum Gasteiger partial charge on any atom is 0.333 e. The molecule has 0 atom stereocenters. The van der Waals surface area contributed by atoms with Crippen molar-refractivity contribution in [1.82, 2.24) is 9.78 Å². The molecule has 122 valence electrons. The minimum absolute atomic E-state index is 0.0147. The van der Waals surface area contributed by atoms with Gasteiger partial charge in [-0.3, -0.25) is 10.1 Å². The molecule has 2 aliphatic heterocycles. The predicted octanol–water partition coefficient (Wildman–Crippen LogP) is 1.27. The lowest BCUT2D eigenvalue weighted by Gasteiger charge is -2.38. The Morgan fingerprint density at radius 3 is 2.68 bits per heavy atom. The largest absolute Gasteiger partial charge is 0.381 e. The van der Waals surface area contributed by atoms with Crippen LogP contribution in [-0.2, 0) is 16.5 Å². The Morgan fingerprint density at radius 1 is 1.27 bits per heavy atom. The summed E-state index contributed by atoms with van der Waals surface area (Å²) >= 11 is 0. The molecule has 1 aromatic heterocycles. The van der Waals surface area contributed by atoms with E-state index in [1.54, 1.807) is 18.7 Å². The van der Waals surface area contributed by atoms with E-state index in [9.17, 15) is 10.1 Å². The van der Waals surface area contributed by atoms with Crippen molar-refractivity contribution in [2.45, 2.75) is 19.8 Å². The molecule has 0 N–H and O–H groups in total. The van der Waals surface area contributed by atoms with Gasteiger partial charge in [0.2, 0.25) is 5.82 Å². The number of aromatic nitrogens is 2. The van der Waals surface area contributed by atoms with Gasteiger partial charge in [0.05, 0.1) is 18.1 Å². The zero-order chi connectivity index (χ0) is 15.7. The molecule has 0 unspecified atom stereocenters. The normalized spacial score (nSPS) is 21.8. The van der Waals surface area contributed by atoms with Crippen molar-refractivity contribution in [1.29, 1.82) is 0 Å². The molecule has 1 spiro atoms. The number of nitro groups is 1. The Labute approximate surface area is 129 Å². The molecule has 0 amide bonds. The molecule has 22 heavy (non-hydrogen) atoms. The lowest BCUT2D eigenvalue weighted by atomic mass is 9.80. The molecule has 3 heterocycles. The fraction of sp³-hybridized carbons (Fsp3) is 0.786. The highest BCUT2D eigenvalue weighted by Gasteiger charge is 2.39. The number of hydrogen-bond acceptors (Lipinski definition) is 6. The Kier molecular flexibility index (Phi) is 4.05. The first kappa shape index (κ1) is 15.2. The first-order chi connectivity index (χ1) is 10.5. The highest BCUT2D eigenvalue weighted by molar-refractivity contribution is 5.61. The Morgan fingerprint density at radius 2 is 2.00 bits per heavy atom. The van der Waals surface area contributed by atoms with Crippen LogP contribution in [0.5, 0.6) is 0 Å². The van der Waals surface area contributed by atoms with Crippen molar-refractivity contribution in [2.75, 3.05) is 44.4 Å². The van der Waals surface area contributed by atoms with Gasteiger partial charge in [-0.2, -0.15) is 5.10 Å². The molecule has 1 aromatic rings. The van der Waals surface area contributed by atoms with Crippen LogP contribution in [0.4, 0.5) is 11.5 Å². The molecule has 0 saturated carbocycles. The van der Waals surface area contributed by atoms with E-state index in [1.807, 2.05) is 0 Å². The molecule has 0 aromatic carbocycles. The quantitative estimate of drug-likeness (QED) is 0.604. The van der Waals surface area contributed by atoms with Gasteiger partial charge in [-0.25, -0.2) is 4.68 Å². The molecule has 2 aliphatic rings. The van der Waals surface area contributed by atoms with Crippen LogP contribution in [0.25, 0.3) is 0 Å². The van der Waals surface area contributed by atoms with E-state index in [4.69, 9.17) is 9.47 Å². The van der Waals surface area contributed by atoms with Gasteiger partial charge < -0.3 is 14.4 Å². The molecule has 0 bridgehead atoms. The maximum atomic E-state index is 11.4. The van der Waals surface area contributed by atoms with Crippen molar-refractivity contribution in [3.8, 4) is 0 Å². The molecule has 0 radical (unpaired) electrons. The van der Waals surface area contributed by atoms with Gasteiger partial charge in [0.25, 0.3) is 0 Å². The summed E-state index contributed by atoms with van der Waals surface area (Å²) in [6.45, 7) is 5.79. The van der Waals surface area contributed by atoms with Crippen LogP contribution in [-0.4, -0.2) is 54.2 Å². The first-order valence-corrected chi connectivity index (χ1v) is 7.61. The fourth-order valence-corrected chi connectivity index (χ4v) is 3.48. The third-order valence-corrected chi connectivity index (χ3v) is 4.64. The Balaban J connectivity index is 1.95. The summed E-state index contributed by atoms with van der Waals surface area (Å²) in [6.07, 6.45) is 1.85. The van der Waals surface area contributed by atoms with E-state index in [0.29, 0.717) is 31.3 Å². The highest BCUT2D eigenvalue weighted by Crippen LogP contribution is 2.38. The number of aryl methyl sites for hydroxylation is 2. The summed E-state index contributed by atoms with van der Waals surface area (Å²) < 4.78 is 12.9. The summed E-state index contributed by atoms with van der Waals surface area (Å²) in [5, 5.41) is 15.7.